The van der Waals surface area contributed by atoms with Crippen molar-refractivity contribution in [1.29, 1.82) is 0 Å². The summed E-state index contributed by atoms with van der Waals surface area (Å²) >= 11 is 0. The summed E-state index contributed by atoms with van der Waals surface area (Å²) in [7, 11) is 0. The predicted octanol–water partition coefficient (Wildman–Crippen LogP) is 3.21. The maximum absolute atomic E-state index is 5.71. The highest BCUT2D eigenvalue weighted by atomic mass is 16.3. The third kappa shape index (κ3) is 3.71. The summed E-state index contributed by atoms with van der Waals surface area (Å²) in [6.07, 6.45) is 4.55. The molecule has 0 saturated heterocycles. The van der Waals surface area contributed by atoms with E-state index in [1.54, 1.807) is 6.26 Å². The highest BCUT2D eigenvalue weighted by Crippen LogP contribution is 2.19. The van der Waals surface area contributed by atoms with Crippen LogP contribution in [-0.4, -0.2) is 6.04 Å². The molecule has 0 bridgehead atoms. The lowest BCUT2D eigenvalue weighted by Crippen LogP contribution is -2.37. The predicted molar refractivity (Wildman–Crippen MR) is 82.5 cm³/mol. The maximum Gasteiger partial charge on any atom is 0.103 e. The topological polar surface area (TPSA) is 51.2 Å². The van der Waals surface area contributed by atoms with Crippen molar-refractivity contribution in [2.75, 3.05) is 0 Å². The van der Waals surface area contributed by atoms with E-state index in [9.17, 15) is 0 Å². The van der Waals surface area contributed by atoms with Crippen LogP contribution in [0.3, 0.4) is 0 Å². The van der Waals surface area contributed by atoms with Crippen molar-refractivity contribution in [3.05, 3.63) is 58.5 Å². The monoisotopic (exact) mass is 272 g/mol. The van der Waals surface area contributed by atoms with Crippen molar-refractivity contribution >= 4 is 0 Å². The molecule has 108 valence electrons. The molecule has 2 rings (SSSR count). The Hall–Kier alpha value is -1.58. The van der Waals surface area contributed by atoms with Gasteiger partial charge in [-0.05, 0) is 62.4 Å². The minimum absolute atomic E-state index is 0.264. The normalized spacial score (nSPS) is 12.6. The van der Waals surface area contributed by atoms with Gasteiger partial charge in [-0.1, -0.05) is 17.7 Å². The Morgan fingerprint density at radius 2 is 1.90 bits per heavy atom. The number of rotatable bonds is 6. The van der Waals surface area contributed by atoms with Gasteiger partial charge in [-0.3, -0.25) is 11.3 Å². The molecule has 3 nitrogen and oxygen atoms in total. The van der Waals surface area contributed by atoms with E-state index < -0.39 is 0 Å². The van der Waals surface area contributed by atoms with Gasteiger partial charge >= 0.3 is 0 Å². The third-order valence-electron chi connectivity index (χ3n) is 3.85. The van der Waals surface area contributed by atoms with Crippen LogP contribution in [0.25, 0.3) is 0 Å². The lowest BCUT2D eigenvalue weighted by atomic mass is 9.93. The maximum atomic E-state index is 5.71. The van der Waals surface area contributed by atoms with Crippen molar-refractivity contribution < 1.29 is 4.42 Å². The van der Waals surface area contributed by atoms with Gasteiger partial charge in [0.25, 0.3) is 0 Å². The first kappa shape index (κ1) is 14.8. The van der Waals surface area contributed by atoms with E-state index in [2.05, 4.69) is 38.3 Å². The summed E-state index contributed by atoms with van der Waals surface area (Å²) in [6, 6.07) is 8.68. The number of hydrazine groups is 1. The molecule has 0 aliphatic carbocycles. The summed E-state index contributed by atoms with van der Waals surface area (Å²) < 4.78 is 5.37. The fraction of sp³-hybridized carbons (Fsp3) is 0.412. The van der Waals surface area contributed by atoms with Gasteiger partial charge in [0.05, 0.1) is 6.26 Å². The number of furan rings is 1. The van der Waals surface area contributed by atoms with E-state index in [-0.39, 0.29) is 6.04 Å². The van der Waals surface area contributed by atoms with Crippen LogP contribution >= 0.6 is 0 Å². The summed E-state index contributed by atoms with van der Waals surface area (Å²) in [5.41, 5.74) is 8.35. The number of aryl methyl sites for hydroxylation is 4. The van der Waals surface area contributed by atoms with Crippen molar-refractivity contribution in [2.24, 2.45) is 5.84 Å². The first-order valence-corrected chi connectivity index (χ1v) is 7.15. The summed E-state index contributed by atoms with van der Waals surface area (Å²) in [5.74, 6) is 6.73. The van der Waals surface area contributed by atoms with E-state index in [1.807, 2.05) is 12.1 Å². The van der Waals surface area contributed by atoms with Gasteiger partial charge < -0.3 is 4.42 Å². The van der Waals surface area contributed by atoms with Crippen LogP contribution in [0.15, 0.2) is 34.9 Å². The number of hydrogen-bond donors (Lipinski definition) is 2. The fourth-order valence-electron chi connectivity index (χ4n) is 2.79. The molecule has 1 aromatic heterocycles. The quantitative estimate of drug-likeness (QED) is 0.627. The molecule has 2 aromatic rings. The lowest BCUT2D eigenvalue weighted by molar-refractivity contribution is 0.447. The van der Waals surface area contributed by atoms with Gasteiger partial charge in [-0.25, -0.2) is 0 Å². The smallest absolute Gasteiger partial charge is 0.103 e. The van der Waals surface area contributed by atoms with E-state index in [0.29, 0.717) is 0 Å². The Balaban J connectivity index is 2.02. The van der Waals surface area contributed by atoms with Gasteiger partial charge in [0.15, 0.2) is 0 Å². The fourth-order valence-corrected chi connectivity index (χ4v) is 2.79. The van der Waals surface area contributed by atoms with Gasteiger partial charge in [-0.15, -0.1) is 0 Å². The molecule has 0 spiro atoms. The second-order valence-corrected chi connectivity index (χ2v) is 5.56. The number of benzene rings is 1. The second-order valence-electron chi connectivity index (χ2n) is 5.56. The zero-order valence-corrected chi connectivity index (χ0v) is 12.6. The Morgan fingerprint density at radius 3 is 2.45 bits per heavy atom. The average molecular weight is 272 g/mol. The first-order chi connectivity index (χ1) is 9.60. The number of nitrogens with two attached hydrogens (primary N) is 1. The molecular weight excluding hydrogens is 248 g/mol. The molecule has 20 heavy (non-hydrogen) atoms. The Kier molecular flexibility index (Phi) is 4.99. The van der Waals surface area contributed by atoms with Gasteiger partial charge in [0.2, 0.25) is 0 Å². The number of hydrogen-bond acceptors (Lipinski definition) is 3. The van der Waals surface area contributed by atoms with E-state index in [4.69, 9.17) is 10.3 Å². The molecule has 0 saturated carbocycles. The van der Waals surface area contributed by atoms with Crippen molar-refractivity contribution in [3.63, 3.8) is 0 Å². The van der Waals surface area contributed by atoms with E-state index >= 15 is 0 Å². The largest absolute Gasteiger partial charge is 0.469 e. The third-order valence-corrected chi connectivity index (χ3v) is 3.85. The molecule has 3 N–H and O–H groups in total. The second kappa shape index (κ2) is 6.73. The van der Waals surface area contributed by atoms with Crippen LogP contribution in [0.2, 0.25) is 0 Å². The van der Waals surface area contributed by atoms with Crippen molar-refractivity contribution in [3.8, 4) is 0 Å². The van der Waals surface area contributed by atoms with E-state index in [0.717, 1.165) is 25.0 Å². The van der Waals surface area contributed by atoms with Gasteiger partial charge in [-0.2, -0.15) is 0 Å². The van der Waals surface area contributed by atoms with Crippen LogP contribution in [-0.2, 0) is 12.8 Å². The molecule has 1 heterocycles. The molecule has 1 aromatic carbocycles. The van der Waals surface area contributed by atoms with Gasteiger partial charge in [0, 0.05) is 12.5 Å². The molecule has 0 aliphatic heterocycles. The van der Waals surface area contributed by atoms with Crippen molar-refractivity contribution in [2.45, 2.75) is 46.1 Å². The molecule has 0 aliphatic rings. The van der Waals surface area contributed by atoms with Gasteiger partial charge in [0.1, 0.15) is 5.76 Å². The SMILES string of the molecule is Cc1cc(C)c(CC(CCc2ccco2)NN)c(C)c1. The van der Waals surface area contributed by atoms with E-state index in [1.165, 1.54) is 22.3 Å². The zero-order chi connectivity index (χ0) is 14.5. The summed E-state index contributed by atoms with van der Waals surface area (Å²) in [5, 5.41) is 0. The summed E-state index contributed by atoms with van der Waals surface area (Å²) in [6.45, 7) is 6.49. The zero-order valence-electron chi connectivity index (χ0n) is 12.6. The average Bonchev–Trinajstić information content (AvgIpc) is 2.90. The molecule has 0 amide bonds. The van der Waals surface area contributed by atoms with Crippen LogP contribution in [0.5, 0.6) is 0 Å². The molecule has 1 unspecified atom stereocenters. The summed E-state index contributed by atoms with van der Waals surface area (Å²) in [4.78, 5) is 0. The van der Waals surface area contributed by atoms with Crippen LogP contribution in [0.4, 0.5) is 0 Å². The minimum atomic E-state index is 0.264. The molecule has 0 fully saturated rings. The standard InChI is InChI=1S/C17H24N2O/c1-12-9-13(2)17(14(3)10-12)11-15(19-18)6-7-16-5-4-8-20-16/h4-5,8-10,15,19H,6-7,11,18H2,1-3H3. The lowest BCUT2D eigenvalue weighted by Gasteiger charge is -2.19. The van der Waals surface area contributed by atoms with Crippen LogP contribution in [0.1, 0.15) is 34.4 Å². The first-order valence-electron chi connectivity index (χ1n) is 7.15. The number of nitrogens with one attached hydrogen (secondary N) is 1. The minimum Gasteiger partial charge on any atom is -0.469 e. The van der Waals surface area contributed by atoms with Crippen LogP contribution in [0, 0.1) is 20.8 Å². The molecule has 1 atom stereocenters. The molecule has 0 radical (unpaired) electrons. The Morgan fingerprint density at radius 1 is 1.20 bits per heavy atom. The molecule has 3 heteroatoms. The molecular formula is C17H24N2O. The van der Waals surface area contributed by atoms with Crippen LogP contribution < -0.4 is 11.3 Å². The highest BCUT2D eigenvalue weighted by molar-refractivity contribution is 5.38. The highest BCUT2D eigenvalue weighted by Gasteiger charge is 2.12. The van der Waals surface area contributed by atoms with Crippen molar-refractivity contribution in [1.82, 2.24) is 5.43 Å². The Bertz CT molecular complexity index is 523. The Labute approximate surface area is 121 Å².